The summed E-state index contributed by atoms with van der Waals surface area (Å²) < 4.78 is 10.5. The molecule has 0 amide bonds. The topological polar surface area (TPSA) is 55.8 Å². The maximum absolute atomic E-state index is 12.2. The van der Waals surface area contributed by atoms with Crippen molar-refractivity contribution in [2.24, 2.45) is 0 Å². The Morgan fingerprint density at radius 3 is 2.77 bits per heavy atom. The zero-order chi connectivity index (χ0) is 15.9. The van der Waals surface area contributed by atoms with Crippen LogP contribution in [0.25, 0.3) is 10.8 Å². The van der Waals surface area contributed by atoms with Gasteiger partial charge in [-0.25, -0.2) is 0 Å². The first kappa shape index (κ1) is 16.3. The van der Waals surface area contributed by atoms with Crippen LogP contribution >= 0.6 is 0 Å². The molecular formula is C18H22O4. The number of fused-ring (bicyclic) bond motifs is 1. The van der Waals surface area contributed by atoms with Crippen LogP contribution in [0.4, 0.5) is 0 Å². The van der Waals surface area contributed by atoms with Crippen LogP contribution in [0.1, 0.15) is 31.2 Å². The summed E-state index contributed by atoms with van der Waals surface area (Å²) in [5, 5.41) is 10.8. The number of ether oxygens (including phenoxy) is 2. The number of unbranched alkanes of at least 4 members (excludes halogenated alkanes) is 1. The van der Waals surface area contributed by atoms with Gasteiger partial charge in [0.25, 0.3) is 0 Å². The molecule has 2 rings (SSSR count). The molecular weight excluding hydrogens is 280 g/mol. The van der Waals surface area contributed by atoms with Gasteiger partial charge in [0, 0.05) is 6.61 Å². The summed E-state index contributed by atoms with van der Waals surface area (Å²) in [6, 6.07) is 11.7. The molecule has 0 saturated heterocycles. The predicted molar refractivity (Wildman–Crippen MR) is 86.2 cm³/mol. The van der Waals surface area contributed by atoms with Crippen molar-refractivity contribution in [1.29, 1.82) is 0 Å². The maximum Gasteiger partial charge on any atom is 0.313 e. The number of carbonyl (C=O) groups is 1. The van der Waals surface area contributed by atoms with Crippen molar-refractivity contribution in [1.82, 2.24) is 0 Å². The molecule has 0 saturated carbocycles. The largest absolute Gasteiger partial charge is 0.497 e. The molecule has 0 fully saturated rings. The lowest BCUT2D eigenvalue weighted by molar-refractivity contribution is -0.145. The maximum atomic E-state index is 12.2. The Morgan fingerprint density at radius 1 is 1.23 bits per heavy atom. The molecule has 4 nitrogen and oxygen atoms in total. The summed E-state index contributed by atoms with van der Waals surface area (Å²) in [7, 11) is 1.64. The fraction of sp³-hybridized carbons (Fsp3) is 0.389. The Bertz CT molecular complexity index is 636. The number of aliphatic hydroxyl groups is 1. The second-order valence-corrected chi connectivity index (χ2v) is 5.25. The van der Waals surface area contributed by atoms with Gasteiger partial charge >= 0.3 is 5.97 Å². The van der Waals surface area contributed by atoms with Crippen LogP contribution in [0.3, 0.4) is 0 Å². The molecule has 0 spiro atoms. The van der Waals surface area contributed by atoms with E-state index in [-0.39, 0.29) is 18.5 Å². The van der Waals surface area contributed by atoms with Crippen LogP contribution in [0.2, 0.25) is 0 Å². The van der Waals surface area contributed by atoms with Crippen LogP contribution in [0.15, 0.2) is 36.4 Å². The highest BCUT2D eigenvalue weighted by molar-refractivity contribution is 5.91. The third kappa shape index (κ3) is 3.77. The Labute approximate surface area is 130 Å². The van der Waals surface area contributed by atoms with Gasteiger partial charge in [-0.3, -0.25) is 4.79 Å². The van der Waals surface area contributed by atoms with Gasteiger partial charge in [0.05, 0.1) is 19.6 Å². The van der Waals surface area contributed by atoms with Gasteiger partial charge in [0.1, 0.15) is 5.75 Å². The van der Waals surface area contributed by atoms with Crippen molar-refractivity contribution in [3.05, 3.63) is 42.0 Å². The van der Waals surface area contributed by atoms with Crippen LogP contribution in [0.5, 0.6) is 5.75 Å². The van der Waals surface area contributed by atoms with Crippen LogP contribution in [-0.2, 0) is 9.53 Å². The summed E-state index contributed by atoms with van der Waals surface area (Å²) in [4.78, 5) is 12.2. The molecule has 1 N–H and O–H groups in total. The number of hydrogen-bond donors (Lipinski definition) is 1. The molecule has 0 aromatic heterocycles. The monoisotopic (exact) mass is 302 g/mol. The van der Waals surface area contributed by atoms with Gasteiger partial charge in [0.15, 0.2) is 0 Å². The van der Waals surface area contributed by atoms with Crippen molar-refractivity contribution in [2.45, 2.75) is 25.7 Å². The van der Waals surface area contributed by atoms with Gasteiger partial charge in [-0.1, -0.05) is 24.3 Å². The van der Waals surface area contributed by atoms with E-state index in [0.717, 1.165) is 22.1 Å². The molecule has 22 heavy (non-hydrogen) atoms. The molecule has 0 aliphatic heterocycles. The van der Waals surface area contributed by atoms with Crippen LogP contribution in [0, 0.1) is 0 Å². The summed E-state index contributed by atoms with van der Waals surface area (Å²) >= 11 is 0. The van der Waals surface area contributed by atoms with E-state index >= 15 is 0 Å². The molecule has 0 heterocycles. The molecule has 1 atom stereocenters. The third-order valence-corrected chi connectivity index (χ3v) is 3.74. The molecule has 0 radical (unpaired) electrons. The summed E-state index contributed by atoms with van der Waals surface area (Å²) in [5.74, 6) is 0.233. The van der Waals surface area contributed by atoms with E-state index in [0.29, 0.717) is 19.4 Å². The van der Waals surface area contributed by atoms with E-state index in [4.69, 9.17) is 14.6 Å². The van der Waals surface area contributed by atoms with Gasteiger partial charge in [-0.2, -0.15) is 0 Å². The SMILES string of the molecule is COc1ccc2c([C@H](C)C(=O)OCCCCO)cccc2c1. The predicted octanol–water partition coefficient (Wildman–Crippen LogP) is 3.27. The minimum absolute atomic E-state index is 0.123. The summed E-state index contributed by atoms with van der Waals surface area (Å²) in [6.45, 7) is 2.33. The average Bonchev–Trinajstić information content (AvgIpc) is 2.56. The lowest BCUT2D eigenvalue weighted by Crippen LogP contribution is -2.14. The van der Waals surface area contributed by atoms with Gasteiger partial charge < -0.3 is 14.6 Å². The molecule has 2 aromatic carbocycles. The summed E-state index contributed by atoms with van der Waals surface area (Å²) in [5.41, 5.74) is 0.951. The van der Waals surface area contributed by atoms with Crippen molar-refractivity contribution in [3.8, 4) is 5.75 Å². The highest BCUT2D eigenvalue weighted by Gasteiger charge is 2.19. The molecule has 4 heteroatoms. The number of esters is 1. The Morgan fingerprint density at radius 2 is 2.05 bits per heavy atom. The van der Waals surface area contributed by atoms with E-state index in [9.17, 15) is 4.79 Å². The third-order valence-electron chi connectivity index (χ3n) is 3.74. The quantitative estimate of drug-likeness (QED) is 0.630. The van der Waals surface area contributed by atoms with E-state index in [1.165, 1.54) is 0 Å². The second kappa shape index (κ2) is 7.80. The number of aliphatic hydroxyl groups excluding tert-OH is 1. The van der Waals surface area contributed by atoms with E-state index < -0.39 is 0 Å². The van der Waals surface area contributed by atoms with Crippen LogP contribution < -0.4 is 4.74 Å². The minimum atomic E-state index is -0.328. The van der Waals surface area contributed by atoms with Gasteiger partial charge in [-0.05, 0) is 48.2 Å². The second-order valence-electron chi connectivity index (χ2n) is 5.25. The highest BCUT2D eigenvalue weighted by Crippen LogP contribution is 2.29. The highest BCUT2D eigenvalue weighted by atomic mass is 16.5. The molecule has 0 aliphatic carbocycles. The Hall–Kier alpha value is -2.07. The lowest BCUT2D eigenvalue weighted by Gasteiger charge is -2.14. The Kier molecular flexibility index (Phi) is 5.78. The van der Waals surface area contributed by atoms with Crippen molar-refractivity contribution >= 4 is 16.7 Å². The minimum Gasteiger partial charge on any atom is -0.497 e. The number of methoxy groups -OCH3 is 1. The van der Waals surface area contributed by atoms with Crippen molar-refractivity contribution < 1.29 is 19.4 Å². The molecule has 2 aromatic rings. The first-order chi connectivity index (χ1) is 10.7. The average molecular weight is 302 g/mol. The first-order valence-corrected chi connectivity index (χ1v) is 7.51. The number of benzene rings is 2. The zero-order valence-electron chi connectivity index (χ0n) is 13.0. The van der Waals surface area contributed by atoms with Gasteiger partial charge in [-0.15, -0.1) is 0 Å². The van der Waals surface area contributed by atoms with Gasteiger partial charge in [0.2, 0.25) is 0 Å². The molecule has 0 unspecified atom stereocenters. The molecule has 0 aliphatic rings. The van der Waals surface area contributed by atoms with Crippen molar-refractivity contribution in [2.75, 3.05) is 20.3 Å². The lowest BCUT2D eigenvalue weighted by atomic mass is 9.95. The number of rotatable bonds is 7. The van der Waals surface area contributed by atoms with Crippen molar-refractivity contribution in [3.63, 3.8) is 0 Å². The molecule has 0 bridgehead atoms. The van der Waals surface area contributed by atoms with E-state index in [1.54, 1.807) is 7.11 Å². The summed E-state index contributed by atoms with van der Waals surface area (Å²) in [6.07, 6.45) is 1.33. The van der Waals surface area contributed by atoms with E-state index in [2.05, 4.69) is 0 Å². The fourth-order valence-corrected chi connectivity index (χ4v) is 2.43. The number of hydrogen-bond acceptors (Lipinski definition) is 4. The van der Waals surface area contributed by atoms with E-state index in [1.807, 2.05) is 43.3 Å². The zero-order valence-corrected chi connectivity index (χ0v) is 13.0. The van der Waals surface area contributed by atoms with Crippen LogP contribution in [-0.4, -0.2) is 31.4 Å². The normalized spacial score (nSPS) is 12.1. The molecule has 118 valence electrons. The first-order valence-electron chi connectivity index (χ1n) is 7.51. The fourth-order valence-electron chi connectivity index (χ4n) is 2.43. The Balaban J connectivity index is 2.17. The number of carbonyl (C=O) groups excluding carboxylic acids is 1. The standard InChI is InChI=1S/C18H22O4/c1-13(18(20)22-11-4-3-10-19)16-7-5-6-14-12-15(21-2)8-9-17(14)16/h5-9,12-13,19H,3-4,10-11H2,1-2H3/t13-/m0/s1. The smallest absolute Gasteiger partial charge is 0.313 e.